The van der Waals surface area contributed by atoms with Gasteiger partial charge in [-0.2, -0.15) is 4.99 Å². The summed E-state index contributed by atoms with van der Waals surface area (Å²) in [6.45, 7) is 0. The highest BCUT2D eigenvalue weighted by Gasteiger charge is 2.39. The van der Waals surface area contributed by atoms with Crippen LogP contribution in [0.5, 0.6) is 17.2 Å². The van der Waals surface area contributed by atoms with Gasteiger partial charge in [0, 0.05) is 5.56 Å². The van der Waals surface area contributed by atoms with E-state index in [0.29, 0.717) is 24.2 Å². The summed E-state index contributed by atoms with van der Waals surface area (Å²) in [5.74, 6) is 0.543. The monoisotopic (exact) mass is 297 g/mol. The first-order valence-electron chi connectivity index (χ1n) is 6.32. The molecule has 1 fully saturated rings. The SMILES string of the molecule is COc1cc(C2(N=C=O)CCCC2)c(O)c(Cl)c1OC. The van der Waals surface area contributed by atoms with Crippen LogP contribution in [-0.2, 0) is 10.3 Å². The molecular formula is C14H16ClNO4. The average molecular weight is 298 g/mol. The first-order valence-corrected chi connectivity index (χ1v) is 6.70. The Hall–Kier alpha value is -1.71. The molecule has 0 heterocycles. The second kappa shape index (κ2) is 5.73. The number of benzene rings is 1. The van der Waals surface area contributed by atoms with Gasteiger partial charge in [-0.15, -0.1) is 0 Å². The molecule has 108 valence electrons. The van der Waals surface area contributed by atoms with Crippen molar-refractivity contribution in [3.8, 4) is 17.2 Å². The van der Waals surface area contributed by atoms with Crippen LogP contribution in [0.15, 0.2) is 11.1 Å². The molecule has 1 N–H and O–H groups in total. The first kappa shape index (κ1) is 14.7. The number of phenols is 1. The zero-order valence-corrected chi connectivity index (χ0v) is 12.2. The van der Waals surface area contributed by atoms with Crippen LogP contribution in [0.2, 0.25) is 5.02 Å². The summed E-state index contributed by atoms with van der Waals surface area (Å²) in [7, 11) is 2.93. The van der Waals surface area contributed by atoms with Gasteiger partial charge in [-0.3, -0.25) is 0 Å². The standard InChI is InChI=1S/C14H16ClNO4/c1-19-10-7-9(12(18)11(15)13(10)20-2)14(16-8-17)5-3-4-6-14/h7,18H,3-6H2,1-2H3. The molecule has 0 bridgehead atoms. The van der Waals surface area contributed by atoms with Gasteiger partial charge in [0.05, 0.1) is 14.2 Å². The van der Waals surface area contributed by atoms with Gasteiger partial charge < -0.3 is 14.6 Å². The van der Waals surface area contributed by atoms with Gasteiger partial charge in [-0.05, 0) is 18.9 Å². The van der Waals surface area contributed by atoms with Gasteiger partial charge in [0.1, 0.15) is 16.3 Å². The lowest BCUT2D eigenvalue weighted by Crippen LogP contribution is -2.19. The van der Waals surface area contributed by atoms with E-state index in [4.69, 9.17) is 21.1 Å². The lowest BCUT2D eigenvalue weighted by molar-refractivity contribution is 0.345. The fourth-order valence-corrected chi connectivity index (χ4v) is 3.06. The number of hydrogen-bond acceptors (Lipinski definition) is 5. The summed E-state index contributed by atoms with van der Waals surface area (Å²) in [5.41, 5.74) is -0.282. The van der Waals surface area contributed by atoms with Crippen molar-refractivity contribution in [3.63, 3.8) is 0 Å². The smallest absolute Gasteiger partial charge is 0.235 e. The van der Waals surface area contributed by atoms with Gasteiger partial charge in [-0.25, -0.2) is 4.79 Å². The van der Waals surface area contributed by atoms with E-state index in [2.05, 4.69) is 4.99 Å². The highest BCUT2D eigenvalue weighted by molar-refractivity contribution is 6.34. The number of nitrogens with zero attached hydrogens (tertiary/aromatic N) is 1. The van der Waals surface area contributed by atoms with Gasteiger partial charge in [0.25, 0.3) is 0 Å². The van der Waals surface area contributed by atoms with E-state index in [0.717, 1.165) is 12.8 Å². The highest BCUT2D eigenvalue weighted by Crippen LogP contribution is 2.52. The molecular weight excluding hydrogens is 282 g/mol. The molecule has 1 aromatic rings. The van der Waals surface area contributed by atoms with Crippen LogP contribution in [0.25, 0.3) is 0 Å². The first-order chi connectivity index (χ1) is 9.59. The zero-order chi connectivity index (χ0) is 14.8. The number of halogens is 1. The van der Waals surface area contributed by atoms with Crippen LogP contribution in [0.1, 0.15) is 31.2 Å². The summed E-state index contributed by atoms with van der Waals surface area (Å²) < 4.78 is 10.4. The number of methoxy groups -OCH3 is 2. The van der Waals surface area contributed by atoms with E-state index in [1.165, 1.54) is 14.2 Å². The highest BCUT2D eigenvalue weighted by atomic mass is 35.5. The molecule has 0 saturated heterocycles. The molecule has 20 heavy (non-hydrogen) atoms. The van der Waals surface area contributed by atoms with Gasteiger partial charge >= 0.3 is 0 Å². The summed E-state index contributed by atoms with van der Waals surface area (Å²) in [5, 5.41) is 10.4. The maximum absolute atomic E-state index is 10.8. The third kappa shape index (κ3) is 2.23. The van der Waals surface area contributed by atoms with Crippen molar-refractivity contribution in [2.24, 2.45) is 4.99 Å². The Morgan fingerprint density at radius 1 is 1.35 bits per heavy atom. The van der Waals surface area contributed by atoms with Crippen molar-refractivity contribution >= 4 is 17.7 Å². The lowest BCUT2D eigenvalue weighted by atomic mass is 9.88. The van der Waals surface area contributed by atoms with E-state index < -0.39 is 5.54 Å². The molecule has 0 spiro atoms. The van der Waals surface area contributed by atoms with Crippen LogP contribution in [0, 0.1) is 0 Å². The van der Waals surface area contributed by atoms with Gasteiger partial charge in [0.15, 0.2) is 11.5 Å². The van der Waals surface area contributed by atoms with E-state index in [1.54, 1.807) is 12.1 Å². The Kier molecular flexibility index (Phi) is 4.21. The maximum Gasteiger partial charge on any atom is 0.235 e. The quantitative estimate of drug-likeness (QED) is 0.684. The van der Waals surface area contributed by atoms with Crippen LogP contribution < -0.4 is 9.47 Å². The normalized spacial score (nSPS) is 16.6. The number of ether oxygens (including phenoxy) is 2. The van der Waals surface area contributed by atoms with Gasteiger partial charge in [0.2, 0.25) is 6.08 Å². The Bertz CT molecular complexity index is 561. The number of aromatic hydroxyl groups is 1. The number of aliphatic imine (C=N–C) groups is 1. The second-order valence-corrected chi connectivity index (χ2v) is 5.14. The van der Waals surface area contributed by atoms with E-state index in [9.17, 15) is 9.90 Å². The summed E-state index contributed by atoms with van der Waals surface area (Å²) in [6.07, 6.45) is 4.80. The summed E-state index contributed by atoms with van der Waals surface area (Å²) in [4.78, 5) is 14.7. The molecule has 0 aromatic heterocycles. The number of phenolic OH excluding ortho intramolecular Hbond substituents is 1. The van der Waals surface area contributed by atoms with Crippen molar-refractivity contribution in [1.82, 2.24) is 0 Å². The van der Waals surface area contributed by atoms with Crippen LogP contribution in [0.3, 0.4) is 0 Å². The molecule has 0 unspecified atom stereocenters. The Morgan fingerprint density at radius 3 is 2.50 bits per heavy atom. The fraction of sp³-hybridized carbons (Fsp3) is 0.500. The number of hydrogen-bond donors (Lipinski definition) is 1. The Labute approximate surface area is 122 Å². The lowest BCUT2D eigenvalue weighted by Gasteiger charge is -2.25. The maximum atomic E-state index is 10.8. The molecule has 1 saturated carbocycles. The van der Waals surface area contributed by atoms with Crippen LogP contribution in [-0.4, -0.2) is 25.4 Å². The zero-order valence-electron chi connectivity index (χ0n) is 11.4. The van der Waals surface area contributed by atoms with Crippen molar-refractivity contribution in [1.29, 1.82) is 0 Å². The molecule has 2 rings (SSSR count). The number of carbonyl (C=O) groups excluding carboxylic acids is 1. The average Bonchev–Trinajstić information content (AvgIpc) is 2.91. The number of isocyanates is 1. The number of rotatable bonds is 4. The fourth-order valence-electron chi connectivity index (χ4n) is 2.78. The molecule has 5 nitrogen and oxygen atoms in total. The predicted molar refractivity (Wildman–Crippen MR) is 74.5 cm³/mol. The predicted octanol–water partition coefficient (Wildman–Crippen LogP) is 3.17. The molecule has 1 aliphatic rings. The third-order valence-corrected chi connectivity index (χ3v) is 4.13. The molecule has 6 heteroatoms. The van der Waals surface area contributed by atoms with Gasteiger partial charge in [-0.1, -0.05) is 24.4 Å². The minimum Gasteiger partial charge on any atom is -0.506 e. The van der Waals surface area contributed by atoms with Crippen molar-refractivity contribution in [2.45, 2.75) is 31.2 Å². The molecule has 0 amide bonds. The van der Waals surface area contributed by atoms with Crippen molar-refractivity contribution in [3.05, 3.63) is 16.7 Å². The molecule has 1 aliphatic carbocycles. The van der Waals surface area contributed by atoms with Crippen LogP contribution in [0.4, 0.5) is 0 Å². The van der Waals surface area contributed by atoms with E-state index in [-0.39, 0.29) is 16.5 Å². The topological polar surface area (TPSA) is 68.1 Å². The minimum absolute atomic E-state index is 0.0641. The van der Waals surface area contributed by atoms with Crippen molar-refractivity contribution in [2.75, 3.05) is 14.2 Å². The summed E-state index contributed by atoms with van der Waals surface area (Å²) >= 11 is 6.13. The molecule has 0 aliphatic heterocycles. The summed E-state index contributed by atoms with van der Waals surface area (Å²) in [6, 6.07) is 1.63. The third-order valence-electron chi connectivity index (χ3n) is 3.78. The molecule has 0 radical (unpaired) electrons. The minimum atomic E-state index is -0.769. The second-order valence-electron chi connectivity index (χ2n) is 4.76. The molecule has 1 aromatic carbocycles. The van der Waals surface area contributed by atoms with Crippen molar-refractivity contribution < 1.29 is 19.4 Å². The van der Waals surface area contributed by atoms with E-state index >= 15 is 0 Å². The Morgan fingerprint density at radius 2 is 2.00 bits per heavy atom. The largest absolute Gasteiger partial charge is 0.506 e. The molecule has 0 atom stereocenters. The van der Waals surface area contributed by atoms with Crippen LogP contribution >= 0.6 is 11.6 Å². The van der Waals surface area contributed by atoms with E-state index in [1.807, 2.05) is 0 Å². The Balaban J connectivity index is 2.67.